The predicted molar refractivity (Wildman–Crippen MR) is 88.3 cm³/mol. The molecule has 0 aliphatic carbocycles. The van der Waals surface area contributed by atoms with Gasteiger partial charge in [-0.2, -0.15) is 0 Å². The van der Waals surface area contributed by atoms with Gasteiger partial charge in [-0.15, -0.1) is 11.8 Å². The Balaban J connectivity index is 2.01. The number of nitrogens with one attached hydrogen (secondary N) is 1. The molecule has 0 atom stereocenters. The summed E-state index contributed by atoms with van der Waals surface area (Å²) in [6.45, 7) is 3.66. The number of aliphatic hydroxyl groups excluding tert-OH is 1. The first-order valence-corrected chi connectivity index (χ1v) is 8.59. The molecule has 0 bridgehead atoms. The molecular weight excluding hydrogens is 308 g/mol. The molecule has 2 rings (SSSR count). The Morgan fingerprint density at radius 1 is 1.48 bits per heavy atom. The van der Waals surface area contributed by atoms with E-state index in [1.165, 1.54) is 0 Å². The molecule has 116 valence electrons. The molecule has 2 N–H and O–H groups in total. The average molecular weight is 329 g/mol. The third kappa shape index (κ3) is 4.53. The number of aliphatic hydroxyl groups is 1. The quantitative estimate of drug-likeness (QED) is 0.829. The van der Waals surface area contributed by atoms with Crippen molar-refractivity contribution >= 4 is 35.1 Å². The molecule has 1 aromatic carbocycles. The fraction of sp³-hybridized carbons (Fsp3) is 0.533. The molecule has 1 aliphatic rings. The van der Waals surface area contributed by atoms with Crippen molar-refractivity contribution in [2.75, 3.05) is 30.8 Å². The number of carbonyl (C=O) groups excluding carboxylic acids is 1. The molecular formula is C15H21ClN2O2S. The number of benzene rings is 1. The van der Waals surface area contributed by atoms with Crippen LogP contribution in [0.25, 0.3) is 0 Å². The number of hydrogen-bond acceptors (Lipinski definition) is 3. The van der Waals surface area contributed by atoms with Crippen LogP contribution < -0.4 is 5.32 Å². The van der Waals surface area contributed by atoms with E-state index in [9.17, 15) is 4.79 Å². The summed E-state index contributed by atoms with van der Waals surface area (Å²) in [7, 11) is 0. The Hall–Kier alpha value is -0.910. The standard InChI is InChI=1S/C15H21ClN2O2S/c1-2-21-14-4-3-12(16)9-13(14)17-15(20)18-7-5-11(10-19)6-8-18/h3-4,9,11,19H,2,5-8,10H2,1H3,(H,17,20). The molecule has 1 aromatic rings. The Morgan fingerprint density at radius 3 is 2.81 bits per heavy atom. The van der Waals surface area contributed by atoms with Crippen molar-refractivity contribution in [3.8, 4) is 0 Å². The van der Waals surface area contributed by atoms with E-state index in [0.29, 0.717) is 24.0 Å². The summed E-state index contributed by atoms with van der Waals surface area (Å²) in [6.07, 6.45) is 1.71. The van der Waals surface area contributed by atoms with E-state index in [4.69, 9.17) is 16.7 Å². The zero-order chi connectivity index (χ0) is 15.2. The minimum absolute atomic E-state index is 0.0911. The molecule has 0 aromatic heterocycles. The molecule has 21 heavy (non-hydrogen) atoms. The number of amides is 2. The molecule has 0 spiro atoms. The van der Waals surface area contributed by atoms with E-state index in [1.54, 1.807) is 22.7 Å². The highest BCUT2D eigenvalue weighted by Gasteiger charge is 2.22. The number of halogens is 1. The van der Waals surface area contributed by atoms with Gasteiger partial charge in [-0.1, -0.05) is 18.5 Å². The number of hydrogen-bond donors (Lipinski definition) is 2. The van der Waals surface area contributed by atoms with Crippen LogP contribution >= 0.6 is 23.4 Å². The molecule has 1 heterocycles. The summed E-state index contributed by atoms with van der Waals surface area (Å²) in [4.78, 5) is 15.2. The Morgan fingerprint density at radius 2 is 2.19 bits per heavy atom. The predicted octanol–water partition coefficient (Wildman–Crippen LogP) is 3.69. The summed E-state index contributed by atoms with van der Waals surface area (Å²) in [6, 6.07) is 5.47. The number of rotatable bonds is 4. The lowest BCUT2D eigenvalue weighted by molar-refractivity contribution is 0.143. The minimum Gasteiger partial charge on any atom is -0.396 e. The smallest absolute Gasteiger partial charge is 0.321 e. The van der Waals surface area contributed by atoms with E-state index in [0.717, 1.165) is 29.2 Å². The van der Waals surface area contributed by atoms with E-state index in [2.05, 4.69) is 12.2 Å². The van der Waals surface area contributed by atoms with Crippen molar-refractivity contribution in [1.82, 2.24) is 4.90 Å². The van der Waals surface area contributed by atoms with Gasteiger partial charge < -0.3 is 15.3 Å². The number of nitrogens with zero attached hydrogens (tertiary/aromatic N) is 1. The van der Waals surface area contributed by atoms with Gasteiger partial charge in [-0.3, -0.25) is 0 Å². The van der Waals surface area contributed by atoms with Crippen LogP contribution in [0, 0.1) is 5.92 Å². The number of carbonyl (C=O) groups is 1. The molecule has 1 aliphatic heterocycles. The highest BCUT2D eigenvalue weighted by Crippen LogP contribution is 2.30. The van der Waals surface area contributed by atoms with Crippen molar-refractivity contribution in [2.24, 2.45) is 5.92 Å². The van der Waals surface area contributed by atoms with Gasteiger partial charge in [0, 0.05) is 29.6 Å². The second kappa shape index (κ2) is 7.92. The summed E-state index contributed by atoms with van der Waals surface area (Å²) < 4.78 is 0. The molecule has 1 fully saturated rings. The second-order valence-corrected chi connectivity index (χ2v) is 6.86. The maximum Gasteiger partial charge on any atom is 0.321 e. The van der Waals surface area contributed by atoms with Gasteiger partial charge >= 0.3 is 6.03 Å². The van der Waals surface area contributed by atoms with Gasteiger partial charge in [0.05, 0.1) is 5.69 Å². The van der Waals surface area contributed by atoms with E-state index in [1.807, 2.05) is 12.1 Å². The number of urea groups is 1. The normalized spacial score (nSPS) is 16.0. The first-order chi connectivity index (χ1) is 10.1. The SMILES string of the molecule is CCSc1ccc(Cl)cc1NC(=O)N1CCC(CO)CC1. The summed E-state index contributed by atoms with van der Waals surface area (Å²) >= 11 is 7.70. The van der Waals surface area contributed by atoms with Crippen LogP contribution in [0.2, 0.25) is 5.02 Å². The molecule has 2 amide bonds. The summed E-state index contributed by atoms with van der Waals surface area (Å²) in [5.41, 5.74) is 0.767. The summed E-state index contributed by atoms with van der Waals surface area (Å²) in [5, 5.41) is 12.7. The highest BCUT2D eigenvalue weighted by atomic mass is 35.5. The first kappa shape index (κ1) is 16.5. The molecule has 0 unspecified atom stereocenters. The topological polar surface area (TPSA) is 52.6 Å². The van der Waals surface area contributed by atoms with Crippen LogP contribution in [-0.4, -0.2) is 41.5 Å². The van der Waals surface area contributed by atoms with E-state index >= 15 is 0 Å². The van der Waals surface area contributed by atoms with Crippen molar-refractivity contribution in [1.29, 1.82) is 0 Å². The minimum atomic E-state index is -0.0911. The molecule has 0 radical (unpaired) electrons. The van der Waals surface area contributed by atoms with E-state index < -0.39 is 0 Å². The monoisotopic (exact) mass is 328 g/mol. The summed E-state index contributed by atoms with van der Waals surface area (Å²) in [5.74, 6) is 1.26. The van der Waals surface area contributed by atoms with Gasteiger partial charge in [0.15, 0.2) is 0 Å². The molecule has 0 saturated carbocycles. The van der Waals surface area contributed by atoms with Gasteiger partial charge in [0.2, 0.25) is 0 Å². The van der Waals surface area contributed by atoms with Crippen LogP contribution in [0.3, 0.4) is 0 Å². The van der Waals surface area contributed by atoms with Gasteiger partial charge in [0.25, 0.3) is 0 Å². The van der Waals surface area contributed by atoms with Crippen molar-refractivity contribution in [3.63, 3.8) is 0 Å². The first-order valence-electron chi connectivity index (χ1n) is 7.23. The molecule has 1 saturated heterocycles. The Kier molecular flexibility index (Phi) is 6.21. The van der Waals surface area contributed by atoms with Gasteiger partial charge in [-0.05, 0) is 42.7 Å². The van der Waals surface area contributed by atoms with Crippen LogP contribution in [0.1, 0.15) is 19.8 Å². The Bertz CT molecular complexity index is 491. The second-order valence-electron chi connectivity index (χ2n) is 5.12. The van der Waals surface area contributed by atoms with Crippen LogP contribution in [0.15, 0.2) is 23.1 Å². The lowest BCUT2D eigenvalue weighted by atomic mass is 9.98. The van der Waals surface area contributed by atoms with Crippen molar-refractivity contribution in [2.45, 2.75) is 24.7 Å². The van der Waals surface area contributed by atoms with Crippen LogP contribution in [0.5, 0.6) is 0 Å². The maximum absolute atomic E-state index is 12.3. The largest absolute Gasteiger partial charge is 0.396 e. The lowest BCUT2D eigenvalue weighted by Crippen LogP contribution is -2.41. The number of likely N-dealkylation sites (tertiary alicyclic amines) is 1. The van der Waals surface area contributed by atoms with Crippen LogP contribution in [0.4, 0.5) is 10.5 Å². The number of anilines is 1. The van der Waals surface area contributed by atoms with E-state index in [-0.39, 0.29) is 12.6 Å². The lowest BCUT2D eigenvalue weighted by Gasteiger charge is -2.31. The average Bonchev–Trinajstić information content (AvgIpc) is 2.50. The Labute approximate surface area is 134 Å². The number of thioether (sulfide) groups is 1. The third-order valence-corrected chi connectivity index (χ3v) is 4.83. The van der Waals surface area contributed by atoms with Gasteiger partial charge in [0.1, 0.15) is 0 Å². The maximum atomic E-state index is 12.3. The highest BCUT2D eigenvalue weighted by molar-refractivity contribution is 7.99. The molecule has 4 nitrogen and oxygen atoms in total. The van der Waals surface area contributed by atoms with Crippen molar-refractivity contribution in [3.05, 3.63) is 23.2 Å². The van der Waals surface area contributed by atoms with Gasteiger partial charge in [-0.25, -0.2) is 4.79 Å². The fourth-order valence-corrected chi connectivity index (χ4v) is 3.31. The van der Waals surface area contributed by atoms with Crippen molar-refractivity contribution < 1.29 is 9.90 Å². The number of piperidine rings is 1. The third-order valence-electron chi connectivity index (χ3n) is 3.64. The fourth-order valence-electron chi connectivity index (χ4n) is 2.39. The zero-order valence-electron chi connectivity index (χ0n) is 12.1. The zero-order valence-corrected chi connectivity index (χ0v) is 13.7. The van der Waals surface area contributed by atoms with Crippen LogP contribution in [-0.2, 0) is 0 Å². The molecule has 6 heteroatoms.